The summed E-state index contributed by atoms with van der Waals surface area (Å²) in [5.74, 6) is -0.405. The second-order valence-electron chi connectivity index (χ2n) is 5.24. The van der Waals surface area contributed by atoms with Crippen LogP contribution in [0.4, 0.5) is 10.1 Å². The number of nitrogens with one attached hydrogen (secondary N) is 2. The Morgan fingerprint density at radius 3 is 3.10 bits per heavy atom. The molecular weight excluding hydrogens is 257 g/mol. The minimum atomic E-state index is -0.337. The highest BCUT2D eigenvalue weighted by Gasteiger charge is 2.18. The van der Waals surface area contributed by atoms with Crippen molar-refractivity contribution < 1.29 is 9.18 Å². The first kappa shape index (κ1) is 14.9. The summed E-state index contributed by atoms with van der Waals surface area (Å²) in [6.45, 7) is 2.79. The van der Waals surface area contributed by atoms with Gasteiger partial charge < -0.3 is 15.5 Å². The number of halogens is 1. The Labute approximate surface area is 119 Å². The minimum Gasteiger partial charge on any atom is -0.326 e. The molecule has 0 radical (unpaired) electrons. The standard InChI is InChI=1S/C15H22FN3O/c1-17-14-6-3-8-19(11-14)9-7-15(20)18-13-5-2-4-12(16)10-13/h2,4-5,10,14,17H,3,6-9,11H2,1H3,(H,18,20). The Hall–Kier alpha value is -1.46. The van der Waals surface area contributed by atoms with Crippen molar-refractivity contribution in [1.29, 1.82) is 0 Å². The zero-order valence-electron chi connectivity index (χ0n) is 11.9. The quantitative estimate of drug-likeness (QED) is 0.864. The number of rotatable bonds is 5. The van der Waals surface area contributed by atoms with E-state index in [-0.39, 0.29) is 11.7 Å². The summed E-state index contributed by atoms with van der Waals surface area (Å²) in [6, 6.07) is 6.50. The maximum atomic E-state index is 13.0. The van der Waals surface area contributed by atoms with Crippen LogP contribution in [0, 0.1) is 5.82 Å². The fraction of sp³-hybridized carbons (Fsp3) is 0.533. The predicted molar refractivity (Wildman–Crippen MR) is 78.2 cm³/mol. The molecule has 1 aromatic rings. The topological polar surface area (TPSA) is 44.4 Å². The third kappa shape index (κ3) is 4.58. The fourth-order valence-corrected chi connectivity index (χ4v) is 2.54. The Kier molecular flexibility index (Phi) is 5.49. The summed E-state index contributed by atoms with van der Waals surface area (Å²) in [6.07, 6.45) is 2.80. The van der Waals surface area contributed by atoms with E-state index in [1.165, 1.54) is 18.6 Å². The Morgan fingerprint density at radius 2 is 2.35 bits per heavy atom. The van der Waals surface area contributed by atoms with Crippen LogP contribution in [0.2, 0.25) is 0 Å². The van der Waals surface area contributed by atoms with E-state index in [9.17, 15) is 9.18 Å². The van der Waals surface area contributed by atoms with Gasteiger partial charge in [-0.05, 0) is 44.6 Å². The number of nitrogens with zero attached hydrogens (tertiary/aromatic N) is 1. The second-order valence-corrected chi connectivity index (χ2v) is 5.24. The molecule has 1 heterocycles. The lowest BCUT2D eigenvalue weighted by atomic mass is 10.1. The molecule has 20 heavy (non-hydrogen) atoms. The lowest BCUT2D eigenvalue weighted by molar-refractivity contribution is -0.116. The van der Waals surface area contributed by atoms with E-state index >= 15 is 0 Å². The normalized spacial score (nSPS) is 19.8. The van der Waals surface area contributed by atoms with Gasteiger partial charge in [-0.2, -0.15) is 0 Å². The van der Waals surface area contributed by atoms with Crippen LogP contribution in [0.15, 0.2) is 24.3 Å². The number of hydrogen-bond donors (Lipinski definition) is 2. The Balaban J connectivity index is 1.75. The molecule has 110 valence electrons. The van der Waals surface area contributed by atoms with Gasteiger partial charge in [0.25, 0.3) is 0 Å². The van der Waals surface area contributed by atoms with E-state index in [1.807, 2.05) is 7.05 Å². The molecule has 1 aliphatic rings. The monoisotopic (exact) mass is 279 g/mol. The van der Waals surface area contributed by atoms with E-state index in [2.05, 4.69) is 15.5 Å². The molecule has 2 N–H and O–H groups in total. The molecule has 0 aliphatic carbocycles. The summed E-state index contributed by atoms with van der Waals surface area (Å²) in [7, 11) is 1.98. The molecule has 1 unspecified atom stereocenters. The van der Waals surface area contributed by atoms with Crippen molar-refractivity contribution in [3.05, 3.63) is 30.1 Å². The van der Waals surface area contributed by atoms with Crippen molar-refractivity contribution in [1.82, 2.24) is 10.2 Å². The van der Waals surface area contributed by atoms with Crippen molar-refractivity contribution in [2.75, 3.05) is 32.0 Å². The number of likely N-dealkylation sites (N-methyl/N-ethyl adjacent to an activating group) is 1. The predicted octanol–water partition coefficient (Wildman–Crippen LogP) is 1.84. The first-order valence-electron chi connectivity index (χ1n) is 7.12. The molecule has 1 fully saturated rings. The molecule has 0 saturated carbocycles. The largest absolute Gasteiger partial charge is 0.326 e. The maximum Gasteiger partial charge on any atom is 0.225 e. The molecule has 0 bridgehead atoms. The number of likely N-dealkylation sites (tertiary alicyclic amines) is 1. The van der Waals surface area contributed by atoms with Crippen LogP contribution < -0.4 is 10.6 Å². The lowest BCUT2D eigenvalue weighted by Crippen LogP contribution is -2.45. The van der Waals surface area contributed by atoms with Gasteiger partial charge in [-0.15, -0.1) is 0 Å². The smallest absolute Gasteiger partial charge is 0.225 e. The van der Waals surface area contributed by atoms with E-state index in [0.717, 1.165) is 26.1 Å². The second kappa shape index (κ2) is 7.36. The average molecular weight is 279 g/mol. The highest BCUT2D eigenvalue weighted by atomic mass is 19.1. The van der Waals surface area contributed by atoms with Gasteiger partial charge >= 0.3 is 0 Å². The van der Waals surface area contributed by atoms with E-state index in [0.29, 0.717) is 18.2 Å². The number of anilines is 1. The van der Waals surface area contributed by atoms with Crippen LogP contribution in [0.5, 0.6) is 0 Å². The number of piperidine rings is 1. The van der Waals surface area contributed by atoms with Crippen molar-refractivity contribution >= 4 is 11.6 Å². The summed E-state index contributed by atoms with van der Waals surface area (Å²) in [5.41, 5.74) is 0.516. The molecule has 1 atom stereocenters. The zero-order chi connectivity index (χ0) is 14.4. The number of benzene rings is 1. The van der Waals surface area contributed by atoms with Gasteiger partial charge in [-0.25, -0.2) is 4.39 Å². The first-order chi connectivity index (χ1) is 9.67. The number of carbonyl (C=O) groups is 1. The van der Waals surface area contributed by atoms with Crippen molar-refractivity contribution in [2.24, 2.45) is 0 Å². The van der Waals surface area contributed by atoms with Crippen LogP contribution in [0.25, 0.3) is 0 Å². The number of carbonyl (C=O) groups excluding carboxylic acids is 1. The molecule has 1 aliphatic heterocycles. The molecule has 1 amide bonds. The van der Waals surface area contributed by atoms with Gasteiger partial charge in [0.1, 0.15) is 5.82 Å². The van der Waals surface area contributed by atoms with Crippen molar-refractivity contribution in [2.45, 2.75) is 25.3 Å². The zero-order valence-corrected chi connectivity index (χ0v) is 11.9. The summed E-state index contributed by atoms with van der Waals surface area (Å²) < 4.78 is 13.0. The van der Waals surface area contributed by atoms with Crippen molar-refractivity contribution in [3.63, 3.8) is 0 Å². The minimum absolute atomic E-state index is 0.0674. The van der Waals surface area contributed by atoms with Gasteiger partial charge in [0, 0.05) is 31.2 Å². The average Bonchev–Trinajstić information content (AvgIpc) is 2.45. The fourth-order valence-electron chi connectivity index (χ4n) is 2.54. The maximum absolute atomic E-state index is 13.0. The third-order valence-corrected chi connectivity index (χ3v) is 3.68. The molecule has 0 aromatic heterocycles. The highest BCUT2D eigenvalue weighted by molar-refractivity contribution is 5.90. The van der Waals surface area contributed by atoms with Crippen LogP contribution in [0.1, 0.15) is 19.3 Å². The molecule has 2 rings (SSSR count). The Morgan fingerprint density at radius 1 is 1.50 bits per heavy atom. The van der Waals surface area contributed by atoms with Crippen LogP contribution >= 0.6 is 0 Å². The van der Waals surface area contributed by atoms with Gasteiger partial charge in [0.2, 0.25) is 5.91 Å². The highest BCUT2D eigenvalue weighted by Crippen LogP contribution is 2.12. The summed E-state index contributed by atoms with van der Waals surface area (Å²) in [5, 5.41) is 6.01. The third-order valence-electron chi connectivity index (χ3n) is 3.68. The van der Waals surface area contributed by atoms with E-state index in [4.69, 9.17) is 0 Å². The SMILES string of the molecule is CNC1CCCN(CCC(=O)Nc2cccc(F)c2)C1. The summed E-state index contributed by atoms with van der Waals surface area (Å²) >= 11 is 0. The molecule has 4 nitrogen and oxygen atoms in total. The van der Waals surface area contributed by atoms with Crippen LogP contribution in [0.3, 0.4) is 0 Å². The molecular formula is C15H22FN3O. The van der Waals surface area contributed by atoms with Gasteiger partial charge in [0.15, 0.2) is 0 Å². The molecule has 0 spiro atoms. The number of amides is 1. The van der Waals surface area contributed by atoms with Gasteiger partial charge in [-0.1, -0.05) is 6.07 Å². The van der Waals surface area contributed by atoms with Gasteiger partial charge in [-0.3, -0.25) is 4.79 Å². The van der Waals surface area contributed by atoms with Crippen LogP contribution in [-0.4, -0.2) is 43.5 Å². The Bertz CT molecular complexity index is 452. The van der Waals surface area contributed by atoms with Gasteiger partial charge in [0.05, 0.1) is 0 Å². The molecule has 1 saturated heterocycles. The lowest BCUT2D eigenvalue weighted by Gasteiger charge is -2.32. The first-order valence-corrected chi connectivity index (χ1v) is 7.12. The summed E-state index contributed by atoms with van der Waals surface area (Å²) in [4.78, 5) is 14.1. The molecule has 5 heteroatoms. The number of hydrogen-bond acceptors (Lipinski definition) is 3. The van der Waals surface area contributed by atoms with E-state index < -0.39 is 0 Å². The van der Waals surface area contributed by atoms with Crippen LogP contribution in [-0.2, 0) is 4.79 Å². The van der Waals surface area contributed by atoms with Crippen molar-refractivity contribution in [3.8, 4) is 0 Å². The molecule has 1 aromatic carbocycles. The van der Waals surface area contributed by atoms with E-state index in [1.54, 1.807) is 12.1 Å².